The number of fused-ring (bicyclic) bond motifs is 1. The zero-order chi connectivity index (χ0) is 18.0. The summed E-state index contributed by atoms with van der Waals surface area (Å²) in [6, 6.07) is 6.09. The quantitative estimate of drug-likeness (QED) is 0.819. The van der Waals surface area contributed by atoms with E-state index in [1.54, 1.807) is 12.0 Å². The lowest BCUT2D eigenvalue weighted by atomic mass is 10.1. The van der Waals surface area contributed by atoms with Crippen LogP contribution >= 0.6 is 0 Å². The molecule has 0 unspecified atom stereocenters. The number of carbonyl (C=O) groups is 2. The van der Waals surface area contributed by atoms with Crippen molar-refractivity contribution in [3.63, 3.8) is 0 Å². The molecule has 1 aromatic carbocycles. The zero-order valence-electron chi connectivity index (χ0n) is 15.1. The summed E-state index contributed by atoms with van der Waals surface area (Å²) in [5.41, 5.74) is 3.36. The van der Waals surface area contributed by atoms with E-state index in [1.807, 2.05) is 30.7 Å². The lowest BCUT2D eigenvalue weighted by Gasteiger charge is -2.18. The van der Waals surface area contributed by atoms with E-state index in [0.29, 0.717) is 31.8 Å². The summed E-state index contributed by atoms with van der Waals surface area (Å²) in [7, 11) is 3.52. The summed E-state index contributed by atoms with van der Waals surface area (Å²) in [5, 5.41) is 3.91. The van der Waals surface area contributed by atoms with Gasteiger partial charge in [-0.05, 0) is 31.9 Å². The third-order valence-electron chi connectivity index (χ3n) is 4.70. The summed E-state index contributed by atoms with van der Waals surface area (Å²) >= 11 is 0. The second-order valence-electron chi connectivity index (χ2n) is 6.53. The van der Waals surface area contributed by atoms with Crippen molar-refractivity contribution in [2.45, 2.75) is 26.2 Å². The molecular formula is C19H25N3O3. The van der Waals surface area contributed by atoms with E-state index in [-0.39, 0.29) is 11.8 Å². The number of rotatable bonds is 6. The number of anilines is 1. The van der Waals surface area contributed by atoms with Crippen LogP contribution in [0.15, 0.2) is 18.2 Å². The van der Waals surface area contributed by atoms with Crippen LogP contribution in [-0.2, 0) is 16.6 Å². The van der Waals surface area contributed by atoms with Gasteiger partial charge >= 0.3 is 0 Å². The molecule has 6 heteroatoms. The molecule has 2 amide bonds. The Morgan fingerprint density at radius 2 is 2.16 bits per heavy atom. The van der Waals surface area contributed by atoms with Crippen molar-refractivity contribution in [1.29, 1.82) is 0 Å². The first kappa shape index (κ1) is 17.5. The van der Waals surface area contributed by atoms with Crippen LogP contribution in [-0.4, -0.2) is 43.2 Å². The van der Waals surface area contributed by atoms with Gasteiger partial charge in [0, 0.05) is 45.7 Å². The second-order valence-corrected chi connectivity index (χ2v) is 6.53. The van der Waals surface area contributed by atoms with Gasteiger partial charge in [-0.25, -0.2) is 0 Å². The molecule has 0 bridgehead atoms. The van der Waals surface area contributed by atoms with E-state index in [4.69, 9.17) is 4.74 Å². The molecule has 3 rings (SSSR count). The number of amides is 2. The number of benzene rings is 1. The summed E-state index contributed by atoms with van der Waals surface area (Å²) in [5.74, 6) is -0.0652. The van der Waals surface area contributed by atoms with Crippen molar-refractivity contribution in [3.8, 4) is 0 Å². The van der Waals surface area contributed by atoms with Gasteiger partial charge in [0.25, 0.3) is 5.91 Å². The van der Waals surface area contributed by atoms with Gasteiger partial charge in [-0.2, -0.15) is 0 Å². The number of nitrogens with one attached hydrogen (secondary N) is 1. The largest absolute Gasteiger partial charge is 0.385 e. The number of hydrogen-bond donors (Lipinski definition) is 1. The Hall–Kier alpha value is -2.34. The topological polar surface area (TPSA) is 63.6 Å². The number of nitrogens with zero attached hydrogens (tertiary/aromatic N) is 2. The highest BCUT2D eigenvalue weighted by molar-refractivity contribution is 6.14. The maximum atomic E-state index is 12.9. The normalized spacial score (nSPS) is 14.5. The van der Waals surface area contributed by atoms with Crippen LogP contribution in [0.3, 0.4) is 0 Å². The van der Waals surface area contributed by atoms with Gasteiger partial charge in [0.1, 0.15) is 5.69 Å². The fourth-order valence-electron chi connectivity index (χ4n) is 3.46. The molecule has 1 saturated heterocycles. The number of ether oxygens (including phenoxy) is 1. The van der Waals surface area contributed by atoms with Crippen molar-refractivity contribution in [2.24, 2.45) is 7.05 Å². The summed E-state index contributed by atoms with van der Waals surface area (Å²) < 4.78 is 6.91. The average molecular weight is 343 g/mol. The monoisotopic (exact) mass is 343 g/mol. The van der Waals surface area contributed by atoms with Crippen LogP contribution in [0.2, 0.25) is 0 Å². The molecule has 2 heterocycles. The van der Waals surface area contributed by atoms with Gasteiger partial charge in [0.2, 0.25) is 5.91 Å². The molecule has 6 nitrogen and oxygen atoms in total. The summed E-state index contributed by atoms with van der Waals surface area (Å²) in [6.45, 7) is 3.83. The maximum Gasteiger partial charge on any atom is 0.270 e. The van der Waals surface area contributed by atoms with E-state index in [9.17, 15) is 9.59 Å². The molecule has 0 radical (unpaired) electrons. The molecule has 0 spiro atoms. The fourth-order valence-corrected chi connectivity index (χ4v) is 3.46. The number of carbonyl (C=O) groups excluding carboxylic acids is 2. The molecule has 1 fully saturated rings. The van der Waals surface area contributed by atoms with Gasteiger partial charge in [-0.3, -0.25) is 9.59 Å². The van der Waals surface area contributed by atoms with Gasteiger partial charge in [0.15, 0.2) is 0 Å². The highest BCUT2D eigenvalue weighted by Gasteiger charge is 2.31. The second kappa shape index (κ2) is 7.27. The van der Waals surface area contributed by atoms with E-state index in [2.05, 4.69) is 11.4 Å². The molecule has 2 aromatic rings. The first-order chi connectivity index (χ1) is 12.0. The smallest absolute Gasteiger partial charge is 0.270 e. The van der Waals surface area contributed by atoms with Crippen LogP contribution in [0.25, 0.3) is 10.9 Å². The molecule has 25 heavy (non-hydrogen) atoms. The zero-order valence-corrected chi connectivity index (χ0v) is 15.1. The van der Waals surface area contributed by atoms with Crippen LogP contribution in [0.4, 0.5) is 5.69 Å². The maximum absolute atomic E-state index is 12.9. The van der Waals surface area contributed by atoms with Crippen molar-refractivity contribution in [1.82, 2.24) is 9.88 Å². The highest BCUT2D eigenvalue weighted by atomic mass is 16.5. The third-order valence-corrected chi connectivity index (χ3v) is 4.70. The SMILES string of the molecule is COCCCNC(=O)c1c(N2CCCC2=O)c2cc(C)ccc2n1C. The van der Waals surface area contributed by atoms with E-state index in [0.717, 1.165) is 35.0 Å². The fraction of sp³-hybridized carbons (Fsp3) is 0.474. The molecule has 0 atom stereocenters. The predicted molar refractivity (Wildman–Crippen MR) is 98.1 cm³/mol. The Morgan fingerprint density at radius 1 is 1.36 bits per heavy atom. The van der Waals surface area contributed by atoms with Crippen LogP contribution in [0.1, 0.15) is 35.3 Å². The number of methoxy groups -OCH3 is 1. The van der Waals surface area contributed by atoms with Crippen molar-refractivity contribution < 1.29 is 14.3 Å². The third kappa shape index (κ3) is 3.26. The molecule has 1 aliphatic rings. The van der Waals surface area contributed by atoms with Gasteiger partial charge in [-0.15, -0.1) is 0 Å². The van der Waals surface area contributed by atoms with E-state index < -0.39 is 0 Å². The van der Waals surface area contributed by atoms with Gasteiger partial charge in [0.05, 0.1) is 11.2 Å². The summed E-state index contributed by atoms with van der Waals surface area (Å²) in [6.07, 6.45) is 2.12. The minimum atomic E-state index is -0.151. The van der Waals surface area contributed by atoms with Crippen LogP contribution < -0.4 is 10.2 Å². The number of aryl methyl sites for hydroxylation is 2. The molecular weight excluding hydrogens is 318 g/mol. The van der Waals surface area contributed by atoms with E-state index in [1.165, 1.54) is 0 Å². The summed E-state index contributed by atoms with van der Waals surface area (Å²) in [4.78, 5) is 27.0. The molecule has 1 aliphatic heterocycles. The standard InChI is InChI=1S/C19H25N3O3/c1-13-7-8-15-14(12-13)17(22-10-4-6-16(22)23)18(21(15)2)19(24)20-9-5-11-25-3/h7-8,12H,4-6,9-11H2,1-3H3,(H,20,24). The Labute approximate surface area is 147 Å². The van der Waals surface area contributed by atoms with Gasteiger partial charge in [-0.1, -0.05) is 11.6 Å². The minimum absolute atomic E-state index is 0.0856. The Kier molecular flexibility index (Phi) is 5.08. The highest BCUT2D eigenvalue weighted by Crippen LogP contribution is 2.36. The lowest BCUT2D eigenvalue weighted by Crippen LogP contribution is -2.31. The predicted octanol–water partition coefficient (Wildman–Crippen LogP) is 2.38. The van der Waals surface area contributed by atoms with Crippen molar-refractivity contribution >= 4 is 28.4 Å². The molecule has 1 aromatic heterocycles. The Bertz CT molecular complexity index is 810. The molecule has 0 saturated carbocycles. The van der Waals surface area contributed by atoms with E-state index >= 15 is 0 Å². The van der Waals surface area contributed by atoms with Crippen LogP contribution in [0, 0.1) is 6.92 Å². The van der Waals surface area contributed by atoms with Crippen LogP contribution in [0.5, 0.6) is 0 Å². The van der Waals surface area contributed by atoms with Crippen molar-refractivity contribution in [3.05, 3.63) is 29.5 Å². The molecule has 1 N–H and O–H groups in total. The average Bonchev–Trinajstić information content (AvgIpc) is 3.12. The first-order valence-electron chi connectivity index (χ1n) is 8.71. The Balaban J connectivity index is 2.05. The Morgan fingerprint density at radius 3 is 2.84 bits per heavy atom. The first-order valence-corrected chi connectivity index (χ1v) is 8.71. The number of aromatic nitrogens is 1. The van der Waals surface area contributed by atoms with Gasteiger partial charge < -0.3 is 19.5 Å². The minimum Gasteiger partial charge on any atom is -0.385 e. The lowest BCUT2D eigenvalue weighted by molar-refractivity contribution is -0.117. The van der Waals surface area contributed by atoms with Crippen molar-refractivity contribution in [2.75, 3.05) is 31.7 Å². The molecule has 0 aliphatic carbocycles. The number of hydrogen-bond acceptors (Lipinski definition) is 3. The molecule has 134 valence electrons.